The average molecular weight is 446 g/mol. The van der Waals surface area contributed by atoms with Crippen LogP contribution in [0, 0.1) is 0 Å². The van der Waals surface area contributed by atoms with Gasteiger partial charge in [0, 0.05) is 38.3 Å². The Balaban J connectivity index is 1.68. The molecule has 0 spiro atoms. The second kappa shape index (κ2) is 11.4. The number of hydrogen-bond donors (Lipinski definition) is 3. The van der Waals surface area contributed by atoms with Crippen molar-refractivity contribution in [3.63, 3.8) is 0 Å². The summed E-state index contributed by atoms with van der Waals surface area (Å²) in [6.07, 6.45) is 0.176. The number of esters is 1. The lowest BCUT2D eigenvalue weighted by Crippen LogP contribution is -2.49. The molecule has 0 bridgehead atoms. The number of aromatic nitrogens is 1. The first-order valence-electron chi connectivity index (χ1n) is 10.3. The minimum absolute atomic E-state index is 0.0840. The van der Waals surface area contributed by atoms with Crippen LogP contribution >= 0.6 is 11.3 Å². The molecule has 1 saturated heterocycles. The van der Waals surface area contributed by atoms with Crippen LogP contribution in [-0.4, -0.2) is 73.5 Å². The number of benzene rings is 1. The molecule has 0 atom stereocenters. The molecule has 1 aromatic carbocycles. The van der Waals surface area contributed by atoms with E-state index in [1.165, 1.54) is 11.3 Å². The van der Waals surface area contributed by atoms with Gasteiger partial charge in [0.1, 0.15) is 10.0 Å². The van der Waals surface area contributed by atoms with E-state index in [4.69, 9.17) is 4.74 Å². The monoisotopic (exact) mass is 445 g/mol. The van der Waals surface area contributed by atoms with E-state index in [1.807, 2.05) is 30.3 Å². The lowest BCUT2D eigenvalue weighted by Gasteiger charge is -2.27. The van der Waals surface area contributed by atoms with Crippen LogP contribution in [0.2, 0.25) is 0 Å². The average Bonchev–Trinajstić information content (AvgIpc) is 3.23. The van der Waals surface area contributed by atoms with Crippen LogP contribution < -0.4 is 16.0 Å². The van der Waals surface area contributed by atoms with Gasteiger partial charge < -0.3 is 25.6 Å². The van der Waals surface area contributed by atoms with Crippen LogP contribution in [0.25, 0.3) is 10.6 Å². The zero-order chi connectivity index (χ0) is 22.1. The Morgan fingerprint density at radius 3 is 2.65 bits per heavy atom. The predicted molar refractivity (Wildman–Crippen MR) is 119 cm³/mol. The third-order valence-electron chi connectivity index (χ3n) is 4.65. The van der Waals surface area contributed by atoms with Crippen molar-refractivity contribution in [1.82, 2.24) is 20.5 Å². The van der Waals surface area contributed by atoms with Gasteiger partial charge in [0.15, 0.2) is 5.69 Å². The summed E-state index contributed by atoms with van der Waals surface area (Å²) in [5.41, 5.74) is 1.10. The third kappa shape index (κ3) is 6.50. The van der Waals surface area contributed by atoms with Crippen molar-refractivity contribution in [3.05, 3.63) is 36.0 Å². The molecule has 1 fully saturated rings. The number of nitrogens with zero attached hydrogens (tertiary/aromatic N) is 2. The van der Waals surface area contributed by atoms with Gasteiger partial charge in [-0.25, -0.2) is 4.98 Å². The summed E-state index contributed by atoms with van der Waals surface area (Å²) in [5.74, 6) is -0.860. The van der Waals surface area contributed by atoms with E-state index >= 15 is 0 Å². The fourth-order valence-corrected chi connectivity index (χ4v) is 4.07. The molecule has 10 heteroatoms. The highest BCUT2D eigenvalue weighted by molar-refractivity contribution is 7.19. The number of anilines is 1. The molecule has 1 aliphatic heterocycles. The van der Waals surface area contributed by atoms with E-state index < -0.39 is 5.91 Å². The van der Waals surface area contributed by atoms with Crippen molar-refractivity contribution in [2.24, 2.45) is 0 Å². The summed E-state index contributed by atoms with van der Waals surface area (Å²) >= 11 is 1.33. The summed E-state index contributed by atoms with van der Waals surface area (Å²) in [4.78, 5) is 43.0. The molecule has 3 rings (SSSR count). The second-order valence-electron chi connectivity index (χ2n) is 6.86. The fraction of sp³-hybridized carbons (Fsp3) is 0.429. The van der Waals surface area contributed by atoms with Gasteiger partial charge >= 0.3 is 5.97 Å². The first kappa shape index (κ1) is 22.7. The number of amides is 2. The van der Waals surface area contributed by atoms with Crippen molar-refractivity contribution in [2.45, 2.75) is 13.3 Å². The molecule has 2 amide bonds. The largest absolute Gasteiger partial charge is 0.466 e. The standard InChI is InChI=1S/C21H27N5O4S/c1-2-30-17(28)8-9-23-21-18(25-20(31-21)15-6-4-3-5-7-15)19(29)24-14-16(27)26-12-10-22-11-13-26/h3-7,22-23H,2,8-14H2,1H3,(H,24,29). The Morgan fingerprint density at radius 1 is 1.19 bits per heavy atom. The van der Waals surface area contributed by atoms with Crippen molar-refractivity contribution in [2.75, 3.05) is 51.2 Å². The summed E-state index contributed by atoms with van der Waals surface area (Å²) < 4.78 is 4.94. The lowest BCUT2D eigenvalue weighted by molar-refractivity contribution is -0.142. The number of nitrogens with one attached hydrogen (secondary N) is 3. The summed E-state index contributed by atoms with van der Waals surface area (Å²) in [6, 6.07) is 9.53. The summed E-state index contributed by atoms with van der Waals surface area (Å²) in [5, 5.41) is 10.2. The van der Waals surface area contributed by atoms with Crippen LogP contribution in [0.1, 0.15) is 23.8 Å². The molecular weight excluding hydrogens is 418 g/mol. The minimum Gasteiger partial charge on any atom is -0.466 e. The highest BCUT2D eigenvalue weighted by atomic mass is 32.1. The van der Waals surface area contributed by atoms with E-state index in [0.29, 0.717) is 36.2 Å². The van der Waals surface area contributed by atoms with Crippen LogP contribution in [0.4, 0.5) is 5.00 Å². The summed E-state index contributed by atoms with van der Waals surface area (Å²) in [7, 11) is 0. The first-order valence-corrected chi connectivity index (χ1v) is 11.1. The normalized spacial score (nSPS) is 13.5. The molecule has 3 N–H and O–H groups in total. The first-order chi connectivity index (χ1) is 15.1. The van der Waals surface area contributed by atoms with Crippen LogP contribution in [0.3, 0.4) is 0 Å². The number of thiazole rings is 1. The van der Waals surface area contributed by atoms with Crippen molar-refractivity contribution >= 4 is 34.1 Å². The Labute approximate surface area is 185 Å². The highest BCUT2D eigenvalue weighted by Crippen LogP contribution is 2.32. The van der Waals surface area contributed by atoms with E-state index in [2.05, 4.69) is 20.9 Å². The molecule has 1 aliphatic rings. The molecule has 166 valence electrons. The molecular formula is C21H27N5O4S. The van der Waals surface area contributed by atoms with Crippen molar-refractivity contribution in [1.29, 1.82) is 0 Å². The van der Waals surface area contributed by atoms with E-state index in [0.717, 1.165) is 18.7 Å². The SMILES string of the molecule is CCOC(=O)CCNc1sc(-c2ccccc2)nc1C(=O)NCC(=O)N1CCNCC1. The smallest absolute Gasteiger partial charge is 0.307 e. The zero-order valence-electron chi connectivity index (χ0n) is 17.5. The molecule has 0 saturated carbocycles. The number of rotatable bonds is 9. The summed E-state index contributed by atoms with van der Waals surface area (Å²) in [6.45, 7) is 5.07. The van der Waals surface area contributed by atoms with Crippen LogP contribution in [0.5, 0.6) is 0 Å². The van der Waals surface area contributed by atoms with Gasteiger partial charge in [0.2, 0.25) is 5.91 Å². The van der Waals surface area contributed by atoms with Gasteiger partial charge in [-0.05, 0) is 6.92 Å². The Morgan fingerprint density at radius 2 is 1.94 bits per heavy atom. The van der Waals surface area contributed by atoms with Gasteiger partial charge in [0.05, 0.1) is 19.6 Å². The number of ether oxygens (including phenoxy) is 1. The molecule has 0 unspecified atom stereocenters. The molecule has 9 nitrogen and oxygen atoms in total. The van der Waals surface area contributed by atoms with Gasteiger partial charge in [-0.15, -0.1) is 0 Å². The zero-order valence-corrected chi connectivity index (χ0v) is 18.3. The van der Waals surface area contributed by atoms with Gasteiger partial charge in [-0.1, -0.05) is 41.7 Å². The van der Waals surface area contributed by atoms with Crippen molar-refractivity contribution in [3.8, 4) is 10.6 Å². The Kier molecular flexibility index (Phi) is 8.36. The molecule has 0 radical (unpaired) electrons. The van der Waals surface area contributed by atoms with E-state index in [-0.39, 0.29) is 30.5 Å². The van der Waals surface area contributed by atoms with Gasteiger partial charge in [0.25, 0.3) is 5.91 Å². The second-order valence-corrected chi connectivity index (χ2v) is 7.86. The van der Waals surface area contributed by atoms with E-state index in [1.54, 1.807) is 11.8 Å². The topological polar surface area (TPSA) is 113 Å². The van der Waals surface area contributed by atoms with E-state index in [9.17, 15) is 14.4 Å². The lowest BCUT2D eigenvalue weighted by atomic mass is 10.2. The minimum atomic E-state index is -0.430. The number of piperazine rings is 1. The molecule has 1 aromatic heterocycles. The van der Waals surface area contributed by atoms with Gasteiger partial charge in [-0.3, -0.25) is 14.4 Å². The maximum absolute atomic E-state index is 12.8. The quantitative estimate of drug-likeness (QED) is 0.499. The third-order valence-corrected chi connectivity index (χ3v) is 5.72. The predicted octanol–water partition coefficient (Wildman–Crippen LogP) is 1.34. The van der Waals surface area contributed by atoms with Crippen molar-refractivity contribution < 1.29 is 19.1 Å². The Bertz CT molecular complexity index is 896. The maximum Gasteiger partial charge on any atom is 0.307 e. The Hall–Kier alpha value is -2.98. The maximum atomic E-state index is 12.8. The van der Waals surface area contributed by atoms with Gasteiger partial charge in [-0.2, -0.15) is 0 Å². The number of carbonyl (C=O) groups is 3. The molecule has 2 heterocycles. The number of carbonyl (C=O) groups excluding carboxylic acids is 3. The molecule has 2 aromatic rings. The molecule has 0 aliphatic carbocycles. The highest BCUT2D eigenvalue weighted by Gasteiger charge is 2.22. The van der Waals surface area contributed by atoms with Crippen LogP contribution in [0.15, 0.2) is 30.3 Å². The molecule has 31 heavy (non-hydrogen) atoms. The number of hydrogen-bond acceptors (Lipinski definition) is 8. The van der Waals surface area contributed by atoms with Crippen LogP contribution in [-0.2, 0) is 14.3 Å². The fourth-order valence-electron chi connectivity index (χ4n) is 3.07.